The number of thioether (sulfide) groups is 1. The van der Waals surface area contributed by atoms with E-state index in [0.717, 1.165) is 24.9 Å². The molecule has 11 heteroatoms. The van der Waals surface area contributed by atoms with Crippen molar-refractivity contribution >= 4 is 28.9 Å². The smallest absolute Gasteiger partial charge is 0.379 e. The average molecular weight is 503 g/mol. The lowest BCUT2D eigenvalue weighted by molar-refractivity contribution is -0.0329. The molecule has 0 unspecified atom stereocenters. The fraction of sp³-hybridized carbons (Fsp3) is 0.417. The van der Waals surface area contributed by atoms with Gasteiger partial charge in [0.15, 0.2) is 0 Å². The Kier molecular flexibility index (Phi) is 6.42. The molecule has 184 valence electrons. The zero-order valence-electron chi connectivity index (χ0n) is 19.0. The Labute approximate surface area is 204 Å². The highest BCUT2D eigenvalue weighted by Gasteiger charge is 2.36. The highest BCUT2D eigenvalue weighted by molar-refractivity contribution is 8.00. The minimum absolute atomic E-state index is 0.00224. The number of nitrogens with zero attached hydrogens (tertiary/aromatic N) is 3. The van der Waals surface area contributed by atoms with E-state index in [1.54, 1.807) is 31.6 Å². The number of alkyl halides is 3. The maximum Gasteiger partial charge on any atom is 0.447 e. The van der Waals surface area contributed by atoms with Crippen molar-refractivity contribution in [2.24, 2.45) is 7.05 Å². The zero-order chi connectivity index (χ0) is 24.6. The van der Waals surface area contributed by atoms with E-state index in [0.29, 0.717) is 23.2 Å². The molecule has 3 aromatic heterocycles. The number of carbonyl (C=O) groups excluding carboxylic acids is 1. The number of piperidine rings is 1. The number of halogens is 3. The predicted octanol–water partition coefficient (Wildman–Crippen LogP) is 3.76. The lowest BCUT2D eigenvalue weighted by Gasteiger charge is -2.31. The second kappa shape index (κ2) is 9.51. The standard InChI is InChI=1S/C24H25F3N6OS/c1-32-14-16(13-29-32)22(34)28-10-2-4-15-12-21-20(31-19-9-7-17-6-8-18(19)30-17)5-3-11-33(21)23(15)35-24(25,26)27/h3,5,11-14,17-19,30-31H,6-10H2,1H3,(H,28,34)/t17-,18+,19+/m0/s1. The molecular formula is C24H25F3N6OS. The topological polar surface area (TPSA) is 75.4 Å². The molecule has 3 aromatic rings. The molecule has 3 N–H and O–H groups in total. The van der Waals surface area contributed by atoms with E-state index < -0.39 is 5.51 Å². The van der Waals surface area contributed by atoms with Crippen molar-refractivity contribution < 1.29 is 18.0 Å². The van der Waals surface area contributed by atoms with Crippen LogP contribution >= 0.6 is 11.8 Å². The number of carbonyl (C=O) groups is 1. The van der Waals surface area contributed by atoms with Gasteiger partial charge in [0.2, 0.25) is 0 Å². The van der Waals surface area contributed by atoms with E-state index in [1.165, 1.54) is 21.7 Å². The number of anilines is 1. The molecule has 1 amide bonds. The number of aromatic nitrogens is 3. The first-order chi connectivity index (χ1) is 16.8. The second-order valence-corrected chi connectivity index (χ2v) is 9.90. The van der Waals surface area contributed by atoms with Crippen LogP contribution in [0.2, 0.25) is 0 Å². The van der Waals surface area contributed by atoms with Crippen LogP contribution in [0, 0.1) is 11.8 Å². The van der Waals surface area contributed by atoms with Crippen LogP contribution in [-0.4, -0.2) is 50.3 Å². The van der Waals surface area contributed by atoms with Gasteiger partial charge in [-0.2, -0.15) is 18.3 Å². The number of aryl methyl sites for hydroxylation is 1. The number of fused-ring (bicyclic) bond motifs is 3. The monoisotopic (exact) mass is 502 g/mol. The zero-order valence-corrected chi connectivity index (χ0v) is 19.8. The van der Waals surface area contributed by atoms with E-state index in [-0.39, 0.29) is 40.8 Å². The van der Waals surface area contributed by atoms with Gasteiger partial charge >= 0.3 is 5.51 Å². The van der Waals surface area contributed by atoms with Crippen molar-refractivity contribution in [2.75, 3.05) is 11.9 Å². The molecule has 7 nitrogen and oxygen atoms in total. The summed E-state index contributed by atoms with van der Waals surface area (Å²) in [5.41, 5.74) is -2.39. The van der Waals surface area contributed by atoms with Crippen LogP contribution in [0.25, 0.3) is 5.52 Å². The molecule has 5 rings (SSSR count). The largest absolute Gasteiger partial charge is 0.447 e. The fourth-order valence-electron chi connectivity index (χ4n) is 4.85. The third kappa shape index (κ3) is 5.28. The molecule has 5 heterocycles. The highest BCUT2D eigenvalue weighted by atomic mass is 32.2. The molecule has 2 aliphatic heterocycles. The number of pyridine rings is 1. The third-order valence-electron chi connectivity index (χ3n) is 6.43. The van der Waals surface area contributed by atoms with Crippen molar-refractivity contribution in [3.05, 3.63) is 47.9 Å². The summed E-state index contributed by atoms with van der Waals surface area (Å²) >= 11 is -0.184. The first-order valence-corrected chi connectivity index (χ1v) is 12.3. The van der Waals surface area contributed by atoms with Gasteiger partial charge in [-0.25, -0.2) is 0 Å². The molecule has 2 saturated heterocycles. The second-order valence-electron chi connectivity index (χ2n) is 8.85. The van der Waals surface area contributed by atoms with Crippen molar-refractivity contribution in [3.8, 4) is 11.8 Å². The van der Waals surface area contributed by atoms with E-state index in [4.69, 9.17) is 0 Å². The molecule has 3 atom stereocenters. The van der Waals surface area contributed by atoms with E-state index >= 15 is 0 Å². The minimum Gasteiger partial charge on any atom is -0.379 e. The molecule has 0 aliphatic carbocycles. The first kappa shape index (κ1) is 23.6. The molecule has 0 saturated carbocycles. The molecule has 0 aromatic carbocycles. The Morgan fingerprint density at radius 3 is 2.91 bits per heavy atom. The van der Waals surface area contributed by atoms with E-state index in [1.807, 2.05) is 6.07 Å². The molecule has 2 aliphatic rings. The Morgan fingerprint density at radius 2 is 2.14 bits per heavy atom. The lowest BCUT2D eigenvalue weighted by Crippen LogP contribution is -2.47. The maximum atomic E-state index is 13.4. The van der Waals surface area contributed by atoms with Gasteiger partial charge in [-0.1, -0.05) is 11.8 Å². The normalized spacial score (nSPS) is 21.5. The van der Waals surface area contributed by atoms with Gasteiger partial charge in [-0.05, 0) is 43.9 Å². The number of hydrogen-bond donors (Lipinski definition) is 3. The highest BCUT2D eigenvalue weighted by Crippen LogP contribution is 2.41. The lowest BCUT2D eigenvalue weighted by atomic mass is 9.99. The van der Waals surface area contributed by atoms with Gasteiger partial charge in [-0.3, -0.25) is 9.48 Å². The Balaban J connectivity index is 1.39. The van der Waals surface area contributed by atoms with E-state index in [9.17, 15) is 18.0 Å². The van der Waals surface area contributed by atoms with Crippen LogP contribution < -0.4 is 16.0 Å². The van der Waals surface area contributed by atoms with Crippen LogP contribution in [0.3, 0.4) is 0 Å². The Hall–Kier alpha value is -3.10. The maximum absolute atomic E-state index is 13.4. The van der Waals surface area contributed by atoms with Crippen LogP contribution in [0.4, 0.5) is 18.9 Å². The quantitative estimate of drug-likeness (QED) is 0.366. The summed E-state index contributed by atoms with van der Waals surface area (Å²) in [6.45, 7) is -0.00224. The summed E-state index contributed by atoms with van der Waals surface area (Å²) in [6.07, 6.45) is 9.01. The molecule has 0 radical (unpaired) electrons. The summed E-state index contributed by atoms with van der Waals surface area (Å²) < 4.78 is 43.2. The molecule has 2 bridgehead atoms. The first-order valence-electron chi connectivity index (χ1n) is 11.4. The van der Waals surface area contributed by atoms with Crippen LogP contribution in [0.1, 0.15) is 41.6 Å². The number of amides is 1. The molecular weight excluding hydrogens is 477 g/mol. The Bertz CT molecular complexity index is 1300. The fourth-order valence-corrected chi connectivity index (χ4v) is 5.55. The Morgan fingerprint density at radius 1 is 1.31 bits per heavy atom. The summed E-state index contributed by atoms with van der Waals surface area (Å²) in [5, 5.41) is 13.8. The predicted molar refractivity (Wildman–Crippen MR) is 128 cm³/mol. The molecule has 2 fully saturated rings. The van der Waals surface area contributed by atoms with Crippen LogP contribution in [-0.2, 0) is 7.05 Å². The summed E-state index contributed by atoms with van der Waals surface area (Å²) in [4.78, 5) is 12.2. The number of nitrogens with one attached hydrogen (secondary N) is 3. The summed E-state index contributed by atoms with van der Waals surface area (Å²) in [7, 11) is 1.70. The van der Waals surface area contributed by atoms with Crippen molar-refractivity contribution in [1.29, 1.82) is 0 Å². The van der Waals surface area contributed by atoms with Crippen molar-refractivity contribution in [2.45, 2.75) is 54.3 Å². The van der Waals surface area contributed by atoms with Gasteiger partial charge in [-0.15, -0.1) is 0 Å². The molecule has 0 spiro atoms. The summed E-state index contributed by atoms with van der Waals surface area (Å²) in [6, 6.07) is 6.50. The van der Waals surface area contributed by atoms with Gasteiger partial charge in [0.05, 0.1) is 35.1 Å². The van der Waals surface area contributed by atoms with Gasteiger partial charge in [0.25, 0.3) is 5.91 Å². The third-order valence-corrected chi connectivity index (χ3v) is 7.27. The van der Waals surface area contributed by atoms with Crippen molar-refractivity contribution in [1.82, 2.24) is 24.8 Å². The SMILES string of the molecule is Cn1cc(C(=O)NCC#Cc2cc3c(N[C@@H]4CC[C@@H]5CC[C@H]4N5)cccn3c2SC(F)(F)F)cn1. The summed E-state index contributed by atoms with van der Waals surface area (Å²) in [5.74, 6) is 5.27. The van der Waals surface area contributed by atoms with Gasteiger partial charge in [0, 0.05) is 49.3 Å². The molecule has 35 heavy (non-hydrogen) atoms. The van der Waals surface area contributed by atoms with Crippen LogP contribution in [0.5, 0.6) is 0 Å². The van der Waals surface area contributed by atoms with Gasteiger partial charge < -0.3 is 20.4 Å². The average Bonchev–Trinajstić information content (AvgIpc) is 3.51. The number of rotatable bonds is 5. The van der Waals surface area contributed by atoms with Gasteiger partial charge in [0.1, 0.15) is 5.03 Å². The van der Waals surface area contributed by atoms with Crippen molar-refractivity contribution in [3.63, 3.8) is 0 Å². The van der Waals surface area contributed by atoms with Crippen LogP contribution in [0.15, 0.2) is 41.8 Å². The number of hydrogen-bond acceptors (Lipinski definition) is 5. The minimum atomic E-state index is -4.46. The van der Waals surface area contributed by atoms with E-state index in [2.05, 4.69) is 32.9 Å².